The lowest BCUT2D eigenvalue weighted by atomic mass is 10.1. The van der Waals surface area contributed by atoms with E-state index in [1.54, 1.807) is 0 Å². The highest BCUT2D eigenvalue weighted by Crippen LogP contribution is 2.27. The molecule has 0 aliphatic carbocycles. The van der Waals surface area contributed by atoms with Crippen LogP contribution in [0.5, 0.6) is 0 Å². The average molecular weight is 370 g/mol. The highest BCUT2D eigenvalue weighted by atomic mass is 79.9. The van der Waals surface area contributed by atoms with Crippen molar-refractivity contribution in [3.05, 3.63) is 52.5 Å². The Morgan fingerprint density at radius 3 is 2.33 bits per heavy atom. The number of halogens is 1. The number of rotatable bonds is 4. The maximum atomic E-state index is 11.4. The second-order valence-electron chi connectivity index (χ2n) is 4.71. The van der Waals surface area contributed by atoms with Gasteiger partial charge in [0.25, 0.3) is 0 Å². The molecule has 0 radical (unpaired) electrons. The summed E-state index contributed by atoms with van der Waals surface area (Å²) in [6, 6.07) is 12.2. The second-order valence-corrected chi connectivity index (χ2v) is 7.19. The van der Waals surface area contributed by atoms with E-state index in [0.29, 0.717) is 11.4 Å². The molecule has 0 spiro atoms. The van der Waals surface area contributed by atoms with Gasteiger partial charge in [-0.25, -0.2) is 13.6 Å². The molecule has 0 bridgehead atoms. The first-order valence-corrected chi connectivity index (χ1v) is 8.55. The Hall–Kier alpha value is -1.57. The van der Waals surface area contributed by atoms with E-state index >= 15 is 0 Å². The lowest BCUT2D eigenvalue weighted by molar-refractivity contribution is 0.598. The zero-order chi connectivity index (χ0) is 15.6. The van der Waals surface area contributed by atoms with E-state index in [-0.39, 0.29) is 10.9 Å². The average Bonchev–Trinajstić information content (AvgIpc) is 2.40. The molecule has 0 heterocycles. The number of benzene rings is 2. The maximum Gasteiger partial charge on any atom is 0.238 e. The fourth-order valence-electron chi connectivity index (χ4n) is 1.91. The van der Waals surface area contributed by atoms with Gasteiger partial charge in [-0.1, -0.05) is 28.1 Å². The van der Waals surface area contributed by atoms with Crippen LogP contribution in [0.15, 0.2) is 51.8 Å². The molecule has 2 aromatic rings. The van der Waals surface area contributed by atoms with Crippen LogP contribution in [0, 0.1) is 0 Å². The first-order chi connectivity index (χ1) is 9.77. The van der Waals surface area contributed by atoms with Gasteiger partial charge >= 0.3 is 0 Å². The van der Waals surface area contributed by atoms with E-state index in [4.69, 9.17) is 10.9 Å². The number of nitrogens with one attached hydrogen (secondary N) is 1. The first kappa shape index (κ1) is 15.8. The van der Waals surface area contributed by atoms with E-state index in [9.17, 15) is 8.42 Å². The van der Waals surface area contributed by atoms with Crippen LogP contribution in [0.2, 0.25) is 0 Å². The summed E-state index contributed by atoms with van der Waals surface area (Å²) in [5, 5.41) is 8.33. The van der Waals surface area contributed by atoms with Crippen molar-refractivity contribution in [2.24, 2.45) is 5.14 Å². The van der Waals surface area contributed by atoms with Crippen molar-refractivity contribution in [3.8, 4) is 0 Å². The molecule has 0 aliphatic rings. The monoisotopic (exact) mass is 369 g/mol. The van der Waals surface area contributed by atoms with Crippen molar-refractivity contribution in [1.29, 1.82) is 0 Å². The molecule has 0 saturated heterocycles. The van der Waals surface area contributed by atoms with E-state index < -0.39 is 10.0 Å². The van der Waals surface area contributed by atoms with Gasteiger partial charge < -0.3 is 11.1 Å². The molecule has 0 aromatic heterocycles. The number of anilines is 2. The predicted molar refractivity (Wildman–Crippen MR) is 88.4 cm³/mol. The van der Waals surface area contributed by atoms with Crippen LogP contribution in [0.3, 0.4) is 0 Å². The summed E-state index contributed by atoms with van der Waals surface area (Å²) in [5.74, 6) is 0. The Morgan fingerprint density at radius 2 is 1.76 bits per heavy atom. The van der Waals surface area contributed by atoms with Gasteiger partial charge in [-0.15, -0.1) is 0 Å². The van der Waals surface area contributed by atoms with Gasteiger partial charge in [0.15, 0.2) is 0 Å². The van der Waals surface area contributed by atoms with Crippen LogP contribution in [0.1, 0.15) is 18.5 Å². The molecule has 112 valence electrons. The third kappa shape index (κ3) is 3.96. The summed E-state index contributed by atoms with van der Waals surface area (Å²) in [6.07, 6.45) is 0. The molecule has 0 amide bonds. The zero-order valence-corrected chi connectivity index (χ0v) is 13.8. The van der Waals surface area contributed by atoms with Gasteiger partial charge in [-0.2, -0.15) is 0 Å². The standard InChI is InChI=1S/C14H16BrN3O2S/c1-9(10-2-4-11(15)5-3-10)18-14-8-12(21(17,19)20)6-7-13(14)16/h2-9,18H,16H2,1H3,(H2,17,19,20). The van der Waals surface area contributed by atoms with Crippen molar-refractivity contribution in [1.82, 2.24) is 0 Å². The van der Waals surface area contributed by atoms with Gasteiger partial charge in [0.1, 0.15) is 0 Å². The lowest BCUT2D eigenvalue weighted by Crippen LogP contribution is -2.14. The van der Waals surface area contributed by atoms with Crippen molar-refractivity contribution >= 4 is 37.3 Å². The molecule has 21 heavy (non-hydrogen) atoms. The van der Waals surface area contributed by atoms with Gasteiger partial charge in [-0.3, -0.25) is 0 Å². The summed E-state index contributed by atoms with van der Waals surface area (Å²) in [7, 11) is -3.75. The van der Waals surface area contributed by atoms with E-state index in [1.807, 2.05) is 31.2 Å². The van der Waals surface area contributed by atoms with Crippen LogP contribution in [-0.2, 0) is 10.0 Å². The molecule has 0 fully saturated rings. The van der Waals surface area contributed by atoms with Gasteiger partial charge in [0.2, 0.25) is 10.0 Å². The molecule has 0 aliphatic heterocycles. The highest BCUT2D eigenvalue weighted by Gasteiger charge is 2.12. The number of hydrogen-bond donors (Lipinski definition) is 3. The molecular formula is C14H16BrN3O2S. The van der Waals surface area contributed by atoms with E-state index in [2.05, 4.69) is 21.2 Å². The molecule has 2 aromatic carbocycles. The summed E-state index contributed by atoms with van der Waals surface area (Å²) < 4.78 is 23.8. The lowest BCUT2D eigenvalue weighted by Gasteiger charge is -2.18. The Morgan fingerprint density at radius 1 is 1.14 bits per heavy atom. The summed E-state index contributed by atoms with van der Waals surface area (Å²) in [5.41, 5.74) is 7.93. The molecule has 1 unspecified atom stereocenters. The fourth-order valence-corrected chi connectivity index (χ4v) is 2.71. The predicted octanol–water partition coefficient (Wildman–Crippen LogP) is 2.85. The van der Waals surface area contributed by atoms with Crippen LogP contribution in [0.25, 0.3) is 0 Å². The normalized spacial score (nSPS) is 12.9. The fraction of sp³-hybridized carbons (Fsp3) is 0.143. The molecular weight excluding hydrogens is 354 g/mol. The molecule has 0 saturated carbocycles. The number of sulfonamides is 1. The minimum absolute atomic E-state index is 0.0298. The Labute approximate surface area is 132 Å². The second kappa shape index (κ2) is 6.05. The highest BCUT2D eigenvalue weighted by molar-refractivity contribution is 9.10. The van der Waals surface area contributed by atoms with Gasteiger partial charge in [0, 0.05) is 10.5 Å². The van der Waals surface area contributed by atoms with Gasteiger partial charge in [0.05, 0.1) is 16.3 Å². The van der Waals surface area contributed by atoms with E-state index in [0.717, 1.165) is 10.0 Å². The van der Waals surface area contributed by atoms with Crippen molar-refractivity contribution in [2.75, 3.05) is 11.1 Å². The number of primary sulfonamides is 1. The zero-order valence-electron chi connectivity index (χ0n) is 11.4. The Bertz CT molecular complexity index is 745. The topological polar surface area (TPSA) is 98.2 Å². The van der Waals surface area contributed by atoms with E-state index in [1.165, 1.54) is 18.2 Å². The minimum Gasteiger partial charge on any atom is -0.397 e. The quantitative estimate of drug-likeness (QED) is 0.721. The van der Waals surface area contributed by atoms with Crippen molar-refractivity contribution in [2.45, 2.75) is 17.9 Å². The number of hydrogen-bond acceptors (Lipinski definition) is 4. The molecule has 5 nitrogen and oxygen atoms in total. The Kier molecular flexibility index (Phi) is 4.55. The molecule has 1 atom stereocenters. The summed E-state index contributed by atoms with van der Waals surface area (Å²) in [6.45, 7) is 1.96. The molecule has 5 N–H and O–H groups in total. The first-order valence-electron chi connectivity index (χ1n) is 6.21. The Balaban J connectivity index is 2.28. The molecule has 2 rings (SSSR count). The summed E-state index contributed by atoms with van der Waals surface area (Å²) in [4.78, 5) is 0.0298. The third-order valence-corrected chi connectivity index (χ3v) is 4.53. The smallest absolute Gasteiger partial charge is 0.238 e. The third-order valence-electron chi connectivity index (χ3n) is 3.10. The van der Waals surface area contributed by atoms with Crippen LogP contribution < -0.4 is 16.2 Å². The van der Waals surface area contributed by atoms with Crippen molar-refractivity contribution < 1.29 is 8.42 Å². The molecule has 7 heteroatoms. The van der Waals surface area contributed by atoms with Gasteiger partial charge in [-0.05, 0) is 42.8 Å². The maximum absolute atomic E-state index is 11.4. The SMILES string of the molecule is CC(Nc1cc(S(N)(=O)=O)ccc1N)c1ccc(Br)cc1. The van der Waals surface area contributed by atoms with Crippen LogP contribution in [-0.4, -0.2) is 8.42 Å². The minimum atomic E-state index is -3.75. The van der Waals surface area contributed by atoms with Crippen molar-refractivity contribution in [3.63, 3.8) is 0 Å². The largest absolute Gasteiger partial charge is 0.397 e. The van der Waals surface area contributed by atoms with Crippen LogP contribution in [0.4, 0.5) is 11.4 Å². The summed E-state index contributed by atoms with van der Waals surface area (Å²) >= 11 is 3.38. The number of nitrogens with two attached hydrogens (primary N) is 2. The van der Waals surface area contributed by atoms with Crippen LogP contribution >= 0.6 is 15.9 Å². The number of nitrogen functional groups attached to an aromatic ring is 1.